The number of amides is 1. The molecule has 2 heterocycles. The van der Waals surface area contributed by atoms with Crippen LogP contribution in [0.3, 0.4) is 0 Å². The van der Waals surface area contributed by atoms with Crippen molar-refractivity contribution in [1.82, 2.24) is 10.3 Å². The van der Waals surface area contributed by atoms with Crippen LogP contribution in [0.5, 0.6) is 5.75 Å². The number of anilines is 1. The van der Waals surface area contributed by atoms with Gasteiger partial charge in [0.05, 0.1) is 10.2 Å². The second-order valence-corrected chi connectivity index (χ2v) is 8.81. The molecule has 1 aromatic carbocycles. The number of carbonyl (C=O) groups is 1. The molecular weight excluding hydrogens is 410 g/mol. The van der Waals surface area contributed by atoms with Gasteiger partial charge in [-0.15, -0.1) is 0 Å². The molecule has 9 heteroatoms. The van der Waals surface area contributed by atoms with Gasteiger partial charge < -0.3 is 15.4 Å². The molecule has 0 spiro atoms. The zero-order valence-electron chi connectivity index (χ0n) is 16.9. The van der Waals surface area contributed by atoms with Crippen molar-refractivity contribution in [1.29, 1.82) is 0 Å². The van der Waals surface area contributed by atoms with Gasteiger partial charge in [0.15, 0.2) is 5.13 Å². The summed E-state index contributed by atoms with van der Waals surface area (Å²) in [7, 11) is 1.57. The fourth-order valence-corrected chi connectivity index (χ4v) is 4.54. The number of nitrogens with zero attached hydrogens (tertiary/aromatic N) is 2. The summed E-state index contributed by atoms with van der Waals surface area (Å²) in [5.74, 6) is -1.36. The number of aromatic nitrogens is 1. The summed E-state index contributed by atoms with van der Waals surface area (Å²) in [5.41, 5.74) is 1.18. The smallest absolute Gasteiger partial charge is 0.269 e. The van der Waals surface area contributed by atoms with Gasteiger partial charge in [-0.1, -0.05) is 18.3 Å². The second-order valence-electron chi connectivity index (χ2n) is 7.78. The largest absolute Gasteiger partial charge is 0.461 e. The molecule has 1 amide bonds. The Hall–Kier alpha value is -2.55. The number of hydrogen-bond acceptors (Lipinski definition) is 6. The molecule has 30 heavy (non-hydrogen) atoms. The lowest BCUT2D eigenvalue weighted by molar-refractivity contribution is -0.114. The Labute approximate surface area is 177 Å². The molecule has 2 N–H and O–H groups in total. The monoisotopic (exact) mass is 434 g/mol. The molecule has 1 fully saturated rings. The van der Waals surface area contributed by atoms with E-state index in [1.54, 1.807) is 13.1 Å². The molecule has 6 nitrogen and oxygen atoms in total. The zero-order valence-corrected chi connectivity index (χ0v) is 17.7. The van der Waals surface area contributed by atoms with Gasteiger partial charge in [-0.3, -0.25) is 9.79 Å². The fraction of sp³-hybridized carbons (Fsp3) is 0.476. The second kappa shape index (κ2) is 8.29. The van der Waals surface area contributed by atoms with Gasteiger partial charge in [0.25, 0.3) is 5.91 Å². The Bertz CT molecular complexity index is 1010. The zero-order chi connectivity index (χ0) is 21.3. The highest BCUT2D eigenvalue weighted by Gasteiger charge is 2.35. The lowest BCUT2D eigenvalue weighted by atomic mass is 9.92. The maximum atomic E-state index is 13.3. The molecule has 160 valence electrons. The molecule has 1 aliphatic carbocycles. The molecule has 1 aliphatic heterocycles. The predicted octanol–water partition coefficient (Wildman–Crippen LogP) is 4.39. The minimum Gasteiger partial charge on any atom is -0.461 e. The average molecular weight is 435 g/mol. The van der Waals surface area contributed by atoms with Crippen LogP contribution in [-0.4, -0.2) is 42.2 Å². The van der Waals surface area contributed by atoms with Crippen LogP contribution in [-0.2, 0) is 4.79 Å². The molecular formula is C21H24F2N4O2S. The first-order valence-electron chi connectivity index (χ1n) is 10.0. The lowest BCUT2D eigenvalue weighted by Crippen LogP contribution is -2.31. The number of dihydropyridines is 1. The van der Waals surface area contributed by atoms with Crippen LogP contribution >= 0.6 is 11.3 Å². The van der Waals surface area contributed by atoms with E-state index in [1.165, 1.54) is 11.3 Å². The van der Waals surface area contributed by atoms with Crippen molar-refractivity contribution < 1.29 is 18.3 Å². The molecule has 1 unspecified atom stereocenters. The van der Waals surface area contributed by atoms with Crippen molar-refractivity contribution in [2.24, 2.45) is 10.9 Å². The van der Waals surface area contributed by atoms with Crippen LogP contribution in [0.15, 0.2) is 35.0 Å². The Balaban J connectivity index is 1.47. The Morgan fingerprint density at radius 1 is 1.30 bits per heavy atom. The van der Waals surface area contributed by atoms with Crippen LogP contribution < -0.4 is 15.4 Å². The van der Waals surface area contributed by atoms with Crippen molar-refractivity contribution in [2.75, 3.05) is 18.9 Å². The van der Waals surface area contributed by atoms with E-state index in [9.17, 15) is 13.6 Å². The number of fused-ring (bicyclic) bond motifs is 1. The summed E-state index contributed by atoms with van der Waals surface area (Å²) in [5, 5.41) is 6.61. The number of rotatable bonds is 5. The fourth-order valence-electron chi connectivity index (χ4n) is 3.57. The summed E-state index contributed by atoms with van der Waals surface area (Å²) in [4.78, 5) is 20.7. The third-order valence-electron chi connectivity index (χ3n) is 5.40. The third-order valence-corrected chi connectivity index (χ3v) is 6.35. The van der Waals surface area contributed by atoms with Gasteiger partial charge in [-0.2, -0.15) is 0 Å². The van der Waals surface area contributed by atoms with E-state index >= 15 is 0 Å². The number of alkyl halides is 2. The quantitative estimate of drug-likeness (QED) is 0.732. The predicted molar refractivity (Wildman–Crippen MR) is 115 cm³/mol. The number of nitrogens with one attached hydrogen (secondary N) is 2. The summed E-state index contributed by atoms with van der Waals surface area (Å²) in [6.45, 7) is 2.49. The SMILES string of the molecule is CNC(=O)C1=NCC(C)C(Oc2ccc3nc(NC4CCC(F)(F)CC4)sc3c2)=C1. The Kier molecular flexibility index (Phi) is 5.73. The topological polar surface area (TPSA) is 75.6 Å². The van der Waals surface area contributed by atoms with Gasteiger partial charge in [0.1, 0.15) is 17.2 Å². The molecule has 4 rings (SSSR count). The maximum absolute atomic E-state index is 13.3. The van der Waals surface area contributed by atoms with E-state index in [0.29, 0.717) is 36.6 Å². The highest BCUT2D eigenvalue weighted by molar-refractivity contribution is 7.22. The van der Waals surface area contributed by atoms with Crippen molar-refractivity contribution in [2.45, 2.75) is 44.6 Å². The highest BCUT2D eigenvalue weighted by Crippen LogP contribution is 2.36. The van der Waals surface area contributed by atoms with E-state index < -0.39 is 5.92 Å². The number of ether oxygens (including phenoxy) is 1. The standard InChI is InChI=1S/C21H24F2N4O2S/c1-12-11-25-16(19(28)24-2)10-17(12)29-14-3-4-15-18(9-14)30-20(27-15)26-13-5-7-21(22,23)8-6-13/h3-4,9-10,12-13H,5-8,11H2,1-2H3,(H,24,28)(H,26,27). The number of hydrogen-bond donors (Lipinski definition) is 2. The summed E-state index contributed by atoms with van der Waals surface area (Å²) >= 11 is 1.48. The molecule has 2 aliphatic rings. The highest BCUT2D eigenvalue weighted by atomic mass is 32.1. The van der Waals surface area contributed by atoms with Crippen LogP contribution in [0.1, 0.15) is 32.6 Å². The lowest BCUT2D eigenvalue weighted by Gasteiger charge is -2.28. The molecule has 0 saturated heterocycles. The number of carbonyl (C=O) groups excluding carboxylic acids is 1. The number of thiazole rings is 1. The van der Waals surface area contributed by atoms with E-state index in [-0.39, 0.29) is 30.7 Å². The van der Waals surface area contributed by atoms with Gasteiger partial charge in [0, 0.05) is 50.5 Å². The van der Waals surface area contributed by atoms with Crippen LogP contribution in [0, 0.1) is 5.92 Å². The first kappa shape index (κ1) is 20.7. The van der Waals surface area contributed by atoms with Gasteiger partial charge in [-0.25, -0.2) is 13.8 Å². The first-order valence-corrected chi connectivity index (χ1v) is 10.9. The van der Waals surface area contributed by atoms with Crippen LogP contribution in [0.25, 0.3) is 10.2 Å². The van der Waals surface area contributed by atoms with Crippen molar-refractivity contribution >= 4 is 38.3 Å². The molecule has 1 saturated carbocycles. The molecule has 1 aromatic heterocycles. The first-order chi connectivity index (χ1) is 14.3. The summed E-state index contributed by atoms with van der Waals surface area (Å²) < 4.78 is 33.7. The van der Waals surface area contributed by atoms with Crippen molar-refractivity contribution in [3.63, 3.8) is 0 Å². The van der Waals surface area contributed by atoms with E-state index in [1.807, 2.05) is 25.1 Å². The van der Waals surface area contributed by atoms with Crippen molar-refractivity contribution in [3.05, 3.63) is 30.0 Å². The minimum atomic E-state index is -2.54. The van der Waals surface area contributed by atoms with Crippen LogP contribution in [0.2, 0.25) is 0 Å². The Morgan fingerprint density at radius 3 is 2.80 bits per heavy atom. The van der Waals surface area contributed by atoms with E-state index in [2.05, 4.69) is 20.6 Å². The van der Waals surface area contributed by atoms with Gasteiger partial charge in [-0.05, 0) is 25.0 Å². The Morgan fingerprint density at radius 2 is 2.07 bits per heavy atom. The molecule has 0 bridgehead atoms. The number of aliphatic imine (C=N–C) groups is 1. The normalized spacial score (nSPS) is 21.7. The molecule has 2 aromatic rings. The van der Waals surface area contributed by atoms with E-state index in [4.69, 9.17) is 4.74 Å². The maximum Gasteiger partial charge on any atom is 0.269 e. The third kappa shape index (κ3) is 4.61. The van der Waals surface area contributed by atoms with Gasteiger partial charge >= 0.3 is 0 Å². The number of benzene rings is 1. The number of halogens is 2. The van der Waals surface area contributed by atoms with Crippen molar-refractivity contribution in [3.8, 4) is 5.75 Å². The summed E-state index contributed by atoms with van der Waals surface area (Å²) in [6.07, 6.45) is 2.40. The van der Waals surface area contributed by atoms with Crippen LogP contribution in [0.4, 0.5) is 13.9 Å². The van der Waals surface area contributed by atoms with E-state index in [0.717, 1.165) is 15.3 Å². The summed E-state index contributed by atoms with van der Waals surface area (Å²) in [6, 6.07) is 5.65. The molecule has 0 radical (unpaired) electrons. The molecule has 1 atom stereocenters. The average Bonchev–Trinajstić information content (AvgIpc) is 3.12. The van der Waals surface area contributed by atoms with Gasteiger partial charge in [0.2, 0.25) is 5.92 Å². The minimum absolute atomic E-state index is 0.0246.